The number of piperazine rings is 1. The number of fused-ring (bicyclic) bond motifs is 1. The van der Waals surface area contributed by atoms with Gasteiger partial charge in [-0.3, -0.25) is 9.59 Å². The van der Waals surface area contributed by atoms with Crippen LogP contribution in [0.25, 0.3) is 0 Å². The maximum atomic E-state index is 13.1. The van der Waals surface area contributed by atoms with Gasteiger partial charge in [-0.2, -0.15) is 4.31 Å². The van der Waals surface area contributed by atoms with Crippen molar-refractivity contribution >= 4 is 43.5 Å². The average Bonchev–Trinajstić information content (AvgIpc) is 2.76. The number of carbonyl (C=O) groups is 2. The molecule has 1 N–H and O–H groups in total. The van der Waals surface area contributed by atoms with Crippen LogP contribution in [0, 0.1) is 0 Å². The third kappa shape index (κ3) is 4.60. The lowest BCUT2D eigenvalue weighted by Crippen LogP contribution is -2.50. The number of hydrogen-bond acceptors (Lipinski definition) is 5. The van der Waals surface area contributed by atoms with Crippen molar-refractivity contribution in [2.45, 2.75) is 24.3 Å². The minimum Gasteiger partial charge on any atom is -0.479 e. The van der Waals surface area contributed by atoms with E-state index in [0.29, 0.717) is 24.5 Å². The quantitative estimate of drug-likeness (QED) is 0.684. The molecule has 1 unspecified atom stereocenters. The molecule has 1 atom stereocenters. The van der Waals surface area contributed by atoms with Gasteiger partial charge in [0.1, 0.15) is 5.75 Å². The van der Waals surface area contributed by atoms with Crippen molar-refractivity contribution in [3.8, 4) is 5.75 Å². The van der Waals surface area contributed by atoms with Gasteiger partial charge < -0.3 is 15.0 Å². The van der Waals surface area contributed by atoms with Crippen LogP contribution in [-0.4, -0.2) is 61.7 Å². The summed E-state index contributed by atoms with van der Waals surface area (Å²) in [4.78, 5) is 26.2. The van der Waals surface area contributed by atoms with E-state index in [1.54, 1.807) is 17.9 Å². The number of halogens is 1. The summed E-state index contributed by atoms with van der Waals surface area (Å²) in [5.74, 6) is 0.0940. The van der Waals surface area contributed by atoms with Crippen molar-refractivity contribution in [3.63, 3.8) is 0 Å². The highest BCUT2D eigenvalue weighted by molar-refractivity contribution is 9.10. The number of amides is 2. The van der Waals surface area contributed by atoms with Crippen molar-refractivity contribution < 1.29 is 22.7 Å². The first-order valence-electron chi connectivity index (χ1n) is 9.88. The zero-order valence-corrected chi connectivity index (χ0v) is 19.3. The molecule has 0 spiro atoms. The molecule has 31 heavy (non-hydrogen) atoms. The number of anilines is 1. The molecule has 2 aliphatic heterocycles. The van der Waals surface area contributed by atoms with Crippen LogP contribution in [0.1, 0.15) is 12.5 Å². The number of nitrogens with one attached hydrogen (secondary N) is 1. The first-order valence-corrected chi connectivity index (χ1v) is 12.1. The van der Waals surface area contributed by atoms with Crippen molar-refractivity contribution in [1.82, 2.24) is 9.21 Å². The Balaban J connectivity index is 1.41. The molecule has 2 aromatic carbocycles. The fraction of sp³-hybridized carbons (Fsp3) is 0.333. The van der Waals surface area contributed by atoms with Crippen molar-refractivity contribution in [2.75, 3.05) is 31.5 Å². The van der Waals surface area contributed by atoms with E-state index in [-0.39, 0.29) is 36.2 Å². The van der Waals surface area contributed by atoms with Gasteiger partial charge in [-0.15, -0.1) is 0 Å². The Kier molecular flexibility index (Phi) is 6.05. The molecule has 164 valence electrons. The summed E-state index contributed by atoms with van der Waals surface area (Å²) in [5.41, 5.74) is 1.25. The topological polar surface area (TPSA) is 96.0 Å². The number of benzene rings is 2. The Morgan fingerprint density at radius 2 is 1.81 bits per heavy atom. The van der Waals surface area contributed by atoms with Gasteiger partial charge in [0.25, 0.3) is 5.91 Å². The molecule has 1 saturated heterocycles. The molecule has 2 amide bonds. The smallest absolute Gasteiger partial charge is 0.265 e. The fourth-order valence-electron chi connectivity index (χ4n) is 3.56. The lowest BCUT2D eigenvalue weighted by molar-refractivity contribution is -0.131. The highest BCUT2D eigenvalue weighted by Crippen LogP contribution is 2.33. The summed E-state index contributed by atoms with van der Waals surface area (Å²) < 4.78 is 34.0. The summed E-state index contributed by atoms with van der Waals surface area (Å²) >= 11 is 3.37. The second-order valence-corrected chi connectivity index (χ2v) is 10.3. The molecule has 0 aromatic heterocycles. The van der Waals surface area contributed by atoms with E-state index in [4.69, 9.17) is 4.74 Å². The van der Waals surface area contributed by atoms with Crippen LogP contribution in [0.15, 0.2) is 51.8 Å². The van der Waals surface area contributed by atoms with Crippen LogP contribution < -0.4 is 10.1 Å². The minimum absolute atomic E-state index is 0.0258. The van der Waals surface area contributed by atoms with Crippen LogP contribution >= 0.6 is 15.9 Å². The van der Waals surface area contributed by atoms with Crippen LogP contribution in [0.4, 0.5) is 5.69 Å². The zero-order chi connectivity index (χ0) is 22.2. The number of carbonyl (C=O) groups excluding carboxylic acids is 2. The van der Waals surface area contributed by atoms with E-state index in [1.165, 1.54) is 16.4 Å². The summed E-state index contributed by atoms with van der Waals surface area (Å²) in [5, 5.41) is 2.67. The van der Waals surface area contributed by atoms with Gasteiger partial charge in [0.05, 0.1) is 17.0 Å². The summed E-state index contributed by atoms with van der Waals surface area (Å²) in [7, 11) is -3.76. The molecule has 4 rings (SSSR count). The summed E-state index contributed by atoms with van der Waals surface area (Å²) in [6.07, 6.45) is -0.346. The number of nitrogens with zero attached hydrogens (tertiary/aromatic N) is 2. The van der Waals surface area contributed by atoms with Gasteiger partial charge in [-0.25, -0.2) is 8.42 Å². The second-order valence-electron chi connectivity index (χ2n) is 7.50. The van der Waals surface area contributed by atoms with E-state index in [2.05, 4.69) is 21.2 Å². The molecule has 10 heteroatoms. The number of rotatable bonds is 4. The molecule has 2 aromatic rings. The van der Waals surface area contributed by atoms with Crippen LogP contribution in [0.3, 0.4) is 0 Å². The lowest BCUT2D eigenvalue weighted by atomic mass is 10.1. The molecular formula is C21H22BrN3O5S. The minimum atomic E-state index is -3.76. The van der Waals surface area contributed by atoms with Gasteiger partial charge in [-0.1, -0.05) is 28.1 Å². The highest BCUT2D eigenvalue weighted by Gasteiger charge is 2.32. The van der Waals surface area contributed by atoms with Gasteiger partial charge in [0.2, 0.25) is 15.9 Å². The van der Waals surface area contributed by atoms with Crippen LogP contribution in [-0.2, 0) is 26.0 Å². The molecule has 0 aliphatic carbocycles. The predicted octanol–water partition coefficient (Wildman–Crippen LogP) is 2.24. The molecule has 2 heterocycles. The van der Waals surface area contributed by atoms with Crippen molar-refractivity contribution in [3.05, 3.63) is 52.5 Å². The lowest BCUT2D eigenvalue weighted by Gasteiger charge is -2.34. The number of ether oxygens (including phenoxy) is 1. The van der Waals surface area contributed by atoms with Gasteiger partial charge >= 0.3 is 0 Å². The van der Waals surface area contributed by atoms with Crippen molar-refractivity contribution in [2.24, 2.45) is 0 Å². The molecule has 1 fully saturated rings. The highest BCUT2D eigenvalue weighted by atomic mass is 79.9. The van der Waals surface area contributed by atoms with Crippen LogP contribution in [0.5, 0.6) is 5.75 Å². The van der Waals surface area contributed by atoms with Gasteiger partial charge in [0, 0.05) is 30.7 Å². The first-order chi connectivity index (χ1) is 14.7. The van der Waals surface area contributed by atoms with E-state index in [0.717, 1.165) is 10.0 Å². The second kappa shape index (κ2) is 8.60. The Morgan fingerprint density at radius 1 is 1.13 bits per heavy atom. The average molecular weight is 508 g/mol. The maximum absolute atomic E-state index is 13.1. The molecular weight excluding hydrogens is 486 g/mol. The maximum Gasteiger partial charge on any atom is 0.265 e. The predicted molar refractivity (Wildman–Crippen MR) is 118 cm³/mol. The summed E-state index contributed by atoms with van der Waals surface area (Å²) in [6.45, 7) is 2.71. The third-order valence-electron chi connectivity index (χ3n) is 5.38. The Labute approximate surface area is 189 Å². The normalized spacial score (nSPS) is 19.4. The van der Waals surface area contributed by atoms with Crippen LogP contribution in [0.2, 0.25) is 0 Å². The monoisotopic (exact) mass is 507 g/mol. The standard InChI is InChI=1S/C21H22BrN3O5S/c1-14-21(27)23-18-13-17(6-7-19(18)30-14)31(28,29)25-10-8-24(9-11-25)20(26)12-15-2-4-16(22)5-3-15/h2-7,13-14H,8-12H2,1H3,(H,23,27). The Hall–Kier alpha value is -2.43. The number of hydrogen-bond donors (Lipinski definition) is 1. The molecule has 0 bridgehead atoms. The van der Waals surface area contributed by atoms with E-state index in [9.17, 15) is 18.0 Å². The molecule has 2 aliphatic rings. The first kappa shape index (κ1) is 21.8. The Bertz CT molecular complexity index is 1110. The van der Waals surface area contributed by atoms with E-state index < -0.39 is 16.1 Å². The third-order valence-corrected chi connectivity index (χ3v) is 7.80. The largest absolute Gasteiger partial charge is 0.479 e. The molecule has 0 radical (unpaired) electrons. The molecule has 0 saturated carbocycles. The number of sulfonamides is 1. The van der Waals surface area contributed by atoms with E-state index >= 15 is 0 Å². The van der Waals surface area contributed by atoms with Gasteiger partial charge in [-0.05, 0) is 42.8 Å². The fourth-order valence-corrected chi connectivity index (χ4v) is 5.28. The molecule has 8 nitrogen and oxygen atoms in total. The van der Waals surface area contributed by atoms with Gasteiger partial charge in [0.15, 0.2) is 6.10 Å². The summed E-state index contributed by atoms with van der Waals surface area (Å²) in [6, 6.07) is 12.0. The van der Waals surface area contributed by atoms with E-state index in [1.807, 2.05) is 24.3 Å². The zero-order valence-electron chi connectivity index (χ0n) is 16.9. The SMILES string of the molecule is CC1Oc2ccc(S(=O)(=O)N3CCN(C(=O)Cc4ccc(Br)cc4)CC3)cc2NC1=O. The van der Waals surface area contributed by atoms with Crippen molar-refractivity contribution in [1.29, 1.82) is 0 Å². The Morgan fingerprint density at radius 3 is 2.48 bits per heavy atom.